The third-order valence-electron chi connectivity index (χ3n) is 2.17. The molecule has 0 spiro atoms. The van der Waals surface area contributed by atoms with Gasteiger partial charge in [0.05, 0.1) is 13.6 Å². The van der Waals surface area contributed by atoms with Crippen LogP contribution in [0.1, 0.15) is 19.8 Å². The van der Waals surface area contributed by atoms with Gasteiger partial charge in [-0.1, -0.05) is 13.3 Å². The van der Waals surface area contributed by atoms with Gasteiger partial charge in [0, 0.05) is 0 Å². The number of alkyl halides is 6. The van der Waals surface area contributed by atoms with Crippen molar-refractivity contribution < 1.29 is 56.9 Å². The summed E-state index contributed by atoms with van der Waals surface area (Å²) in [6.07, 6.45) is 8.82. The van der Waals surface area contributed by atoms with Crippen molar-refractivity contribution in [3.63, 3.8) is 0 Å². The Morgan fingerprint density at radius 2 is 1.46 bits per heavy atom. The molecule has 26 heavy (non-hydrogen) atoms. The van der Waals surface area contributed by atoms with E-state index in [0.29, 0.717) is 0 Å². The molecule has 0 unspecified atom stereocenters. The lowest BCUT2D eigenvalue weighted by molar-refractivity contribution is -0.671. The van der Waals surface area contributed by atoms with Gasteiger partial charge in [-0.05, 0) is 6.42 Å². The molecule has 1 rings (SSSR count). The summed E-state index contributed by atoms with van der Waals surface area (Å²) >= 11 is 0. The molecule has 0 aromatic carbocycles. The Morgan fingerprint density at radius 3 is 1.65 bits per heavy atom. The van der Waals surface area contributed by atoms with E-state index in [4.69, 9.17) is 25.9 Å². The zero-order valence-electron chi connectivity index (χ0n) is 13.3. The van der Waals surface area contributed by atoms with Crippen molar-refractivity contribution in [3.05, 3.63) is 18.7 Å². The fourth-order valence-corrected chi connectivity index (χ4v) is 0.975. The molecule has 0 radical (unpaired) electrons. The second-order valence-electron chi connectivity index (χ2n) is 4.49. The quantitative estimate of drug-likeness (QED) is 0.331. The Balaban J connectivity index is 0. The van der Waals surface area contributed by atoms with Crippen LogP contribution in [0.25, 0.3) is 0 Å². The van der Waals surface area contributed by atoms with E-state index in [9.17, 15) is 26.3 Å². The van der Waals surface area contributed by atoms with E-state index in [1.807, 2.05) is 7.05 Å². The lowest BCUT2D eigenvalue weighted by atomic mass is 10.3. The summed E-state index contributed by atoms with van der Waals surface area (Å²) in [5, 5.41) is 0. The van der Waals surface area contributed by atoms with Crippen LogP contribution in [0.5, 0.6) is 0 Å². The molecule has 1 heterocycles. The number of nitrogens with zero attached hydrogens (tertiary/aromatic N) is 2. The highest BCUT2D eigenvalue weighted by molar-refractivity contribution is 7.86. The number of hydrogen-bond donors (Lipinski definition) is 1. The molecule has 0 saturated heterocycles. The Kier molecular flexibility index (Phi) is 10.4. The van der Waals surface area contributed by atoms with Crippen molar-refractivity contribution in [2.24, 2.45) is 7.05 Å². The van der Waals surface area contributed by atoms with Gasteiger partial charge in [0.1, 0.15) is 12.4 Å². The standard InChI is InChI=1S/C8H15N2.2CHF3O3S/c1-3-4-5-10-7-6-9(2)8-10;2*2-1(3,4)8(5,6)7/h6-8H,3-5H2,1-2H3;2*(H,5,6,7)/q+1;;/p-1. The van der Waals surface area contributed by atoms with Crippen molar-refractivity contribution in [3.8, 4) is 0 Å². The summed E-state index contributed by atoms with van der Waals surface area (Å²) in [6.45, 7) is 3.36. The minimum Gasteiger partial charge on any atom is -0.741 e. The van der Waals surface area contributed by atoms with E-state index in [-0.39, 0.29) is 0 Å². The van der Waals surface area contributed by atoms with Crippen molar-refractivity contribution in [2.45, 2.75) is 37.3 Å². The van der Waals surface area contributed by atoms with Gasteiger partial charge in [0.15, 0.2) is 10.1 Å². The molecule has 0 aliphatic carbocycles. The Bertz CT molecular complexity index is 697. The summed E-state index contributed by atoms with van der Waals surface area (Å²) in [7, 11) is -9.89. The highest BCUT2D eigenvalue weighted by atomic mass is 32.2. The molecule has 0 bridgehead atoms. The third-order valence-corrected chi connectivity index (χ3v) is 3.32. The van der Waals surface area contributed by atoms with Crippen LogP contribution in [0, 0.1) is 0 Å². The number of aryl methyl sites for hydroxylation is 2. The van der Waals surface area contributed by atoms with Gasteiger partial charge >= 0.3 is 21.1 Å². The fourth-order valence-electron chi connectivity index (χ4n) is 0.975. The average molecular weight is 438 g/mol. The summed E-state index contributed by atoms with van der Waals surface area (Å²) in [6, 6.07) is 0. The predicted octanol–water partition coefficient (Wildman–Crippen LogP) is 1.56. The van der Waals surface area contributed by atoms with Crippen LogP contribution in [0.4, 0.5) is 26.3 Å². The van der Waals surface area contributed by atoms with Crippen LogP contribution >= 0.6 is 0 Å². The van der Waals surface area contributed by atoms with Gasteiger partial charge in [-0.15, -0.1) is 0 Å². The van der Waals surface area contributed by atoms with E-state index in [2.05, 4.69) is 34.8 Å². The SMILES string of the molecule is CCCCn1cc[n+](C)c1.O=S(=O)(O)C(F)(F)F.O=S(=O)([O-])C(F)(F)F. The molecule has 156 valence electrons. The van der Waals surface area contributed by atoms with Gasteiger partial charge in [0.25, 0.3) is 0 Å². The molecule has 8 nitrogen and oxygen atoms in total. The predicted molar refractivity (Wildman–Crippen MR) is 73.9 cm³/mol. The fraction of sp³-hybridized carbons (Fsp3) is 0.700. The maximum absolute atomic E-state index is 10.7. The lowest BCUT2D eigenvalue weighted by Crippen LogP contribution is -2.23. The van der Waals surface area contributed by atoms with Gasteiger partial charge in [-0.3, -0.25) is 4.55 Å². The highest BCUT2D eigenvalue weighted by Crippen LogP contribution is 2.21. The molecule has 0 atom stereocenters. The number of aromatic nitrogens is 2. The number of halogens is 6. The minimum atomic E-state index is -6.09. The summed E-state index contributed by atoms with van der Waals surface area (Å²) in [4.78, 5) is 0. The summed E-state index contributed by atoms with van der Waals surface area (Å²) in [5.41, 5.74) is -11.2. The maximum atomic E-state index is 10.7. The molecular weight excluding hydrogens is 422 g/mol. The average Bonchev–Trinajstić information content (AvgIpc) is 2.79. The van der Waals surface area contributed by atoms with Crippen LogP contribution in [0.2, 0.25) is 0 Å². The number of imidazole rings is 1. The van der Waals surface area contributed by atoms with Crippen molar-refractivity contribution in [1.82, 2.24) is 4.57 Å². The summed E-state index contributed by atoms with van der Waals surface area (Å²) in [5.74, 6) is 0. The molecule has 16 heteroatoms. The first kappa shape index (κ1) is 26.8. The van der Waals surface area contributed by atoms with E-state index >= 15 is 0 Å². The molecular formula is C10H16F6N2O6S2. The van der Waals surface area contributed by atoms with Crippen LogP contribution in [-0.4, -0.2) is 41.5 Å². The summed E-state index contributed by atoms with van der Waals surface area (Å²) < 4.78 is 121. The van der Waals surface area contributed by atoms with Gasteiger partial charge in [-0.25, -0.2) is 17.6 Å². The number of unbranched alkanes of at least 4 members (excludes halogenated alkanes) is 1. The van der Waals surface area contributed by atoms with Gasteiger partial charge < -0.3 is 4.55 Å². The maximum Gasteiger partial charge on any atom is 0.522 e. The number of hydrogen-bond acceptors (Lipinski definition) is 5. The van der Waals surface area contributed by atoms with Gasteiger partial charge in [0.2, 0.25) is 6.33 Å². The molecule has 0 aliphatic heterocycles. The van der Waals surface area contributed by atoms with Crippen molar-refractivity contribution in [1.29, 1.82) is 0 Å². The van der Waals surface area contributed by atoms with E-state index in [0.717, 1.165) is 6.54 Å². The second-order valence-corrected chi connectivity index (χ2v) is 7.28. The highest BCUT2D eigenvalue weighted by Gasteiger charge is 2.44. The molecule has 0 fully saturated rings. The number of rotatable bonds is 3. The van der Waals surface area contributed by atoms with Crippen molar-refractivity contribution in [2.75, 3.05) is 0 Å². The normalized spacial score (nSPS) is 12.5. The first-order valence-electron chi connectivity index (χ1n) is 6.39. The van der Waals surface area contributed by atoms with E-state index in [1.165, 1.54) is 12.8 Å². The monoisotopic (exact) mass is 438 g/mol. The second kappa shape index (κ2) is 10.1. The third kappa shape index (κ3) is 12.0. The first-order valence-corrected chi connectivity index (χ1v) is 9.24. The van der Waals surface area contributed by atoms with E-state index in [1.54, 1.807) is 0 Å². The topological polar surface area (TPSA) is 120 Å². The Labute approximate surface area is 145 Å². The lowest BCUT2D eigenvalue weighted by Gasteiger charge is -2.08. The van der Waals surface area contributed by atoms with Crippen molar-refractivity contribution >= 4 is 20.2 Å². The largest absolute Gasteiger partial charge is 0.741 e. The molecule has 1 aromatic heterocycles. The smallest absolute Gasteiger partial charge is 0.522 e. The zero-order chi connectivity index (χ0) is 21.4. The van der Waals surface area contributed by atoms with Crippen LogP contribution in [0.3, 0.4) is 0 Å². The van der Waals surface area contributed by atoms with Crippen LogP contribution < -0.4 is 4.57 Å². The minimum absolute atomic E-state index is 1.15. The Hall–Kier alpha value is -1.39. The van der Waals surface area contributed by atoms with E-state index < -0.39 is 31.3 Å². The molecule has 0 amide bonds. The Morgan fingerprint density at radius 1 is 1.08 bits per heavy atom. The van der Waals surface area contributed by atoms with Gasteiger partial charge in [-0.2, -0.15) is 34.8 Å². The van der Waals surface area contributed by atoms with Crippen LogP contribution in [-0.2, 0) is 33.8 Å². The molecule has 1 N–H and O–H groups in total. The molecule has 1 aromatic rings. The van der Waals surface area contributed by atoms with Crippen LogP contribution in [0.15, 0.2) is 18.7 Å². The first-order chi connectivity index (χ1) is 11.3. The molecule has 0 saturated carbocycles. The molecule has 0 aliphatic rings. The zero-order valence-corrected chi connectivity index (χ0v) is 15.0.